The van der Waals surface area contributed by atoms with Crippen molar-refractivity contribution in [3.8, 4) is 6.07 Å². The van der Waals surface area contributed by atoms with Crippen molar-refractivity contribution < 1.29 is 4.74 Å². The Bertz CT molecular complexity index is 185. The van der Waals surface area contributed by atoms with E-state index in [4.69, 9.17) is 10.00 Å². The summed E-state index contributed by atoms with van der Waals surface area (Å²) in [7, 11) is 1.76. The molecule has 0 N–H and O–H groups in total. The Labute approximate surface area is 80.9 Å². The standard InChI is InChI=1S/C11H19NO/c1-3-9-4-5-10(6-7-12)11(9)8-13-2/h9-11H,3-6,8H2,1-2H3. The van der Waals surface area contributed by atoms with Crippen LogP contribution in [0, 0.1) is 29.1 Å². The lowest BCUT2D eigenvalue weighted by molar-refractivity contribution is 0.109. The summed E-state index contributed by atoms with van der Waals surface area (Å²) < 4.78 is 5.22. The molecule has 1 rings (SSSR count). The molecule has 0 heterocycles. The quantitative estimate of drug-likeness (QED) is 0.668. The topological polar surface area (TPSA) is 33.0 Å². The predicted molar refractivity (Wildman–Crippen MR) is 52.1 cm³/mol. The van der Waals surface area contributed by atoms with Gasteiger partial charge in [-0.05, 0) is 30.6 Å². The van der Waals surface area contributed by atoms with Crippen LogP contribution in [0.25, 0.3) is 0 Å². The van der Waals surface area contributed by atoms with Crippen LogP contribution >= 0.6 is 0 Å². The number of hydrogen-bond donors (Lipinski definition) is 0. The lowest BCUT2D eigenvalue weighted by Gasteiger charge is -2.21. The minimum Gasteiger partial charge on any atom is -0.384 e. The highest BCUT2D eigenvalue weighted by atomic mass is 16.5. The zero-order valence-electron chi connectivity index (χ0n) is 8.62. The van der Waals surface area contributed by atoms with E-state index in [0.29, 0.717) is 18.3 Å². The first kappa shape index (κ1) is 10.5. The van der Waals surface area contributed by atoms with E-state index >= 15 is 0 Å². The molecule has 0 radical (unpaired) electrons. The van der Waals surface area contributed by atoms with Crippen molar-refractivity contribution in [2.45, 2.75) is 32.6 Å². The third kappa shape index (κ3) is 2.45. The largest absolute Gasteiger partial charge is 0.384 e. The molecule has 0 bridgehead atoms. The molecule has 1 aliphatic carbocycles. The van der Waals surface area contributed by atoms with Crippen LogP contribution in [0.2, 0.25) is 0 Å². The van der Waals surface area contributed by atoms with Gasteiger partial charge in [0.15, 0.2) is 0 Å². The van der Waals surface area contributed by atoms with E-state index in [1.807, 2.05) is 0 Å². The smallest absolute Gasteiger partial charge is 0.0624 e. The highest BCUT2D eigenvalue weighted by molar-refractivity contribution is 4.89. The van der Waals surface area contributed by atoms with Gasteiger partial charge in [0.25, 0.3) is 0 Å². The number of nitriles is 1. The fourth-order valence-electron chi connectivity index (χ4n) is 2.58. The summed E-state index contributed by atoms with van der Waals surface area (Å²) in [6.45, 7) is 3.08. The van der Waals surface area contributed by atoms with Gasteiger partial charge in [-0.3, -0.25) is 0 Å². The molecule has 1 fully saturated rings. The molecule has 1 aliphatic rings. The summed E-state index contributed by atoms with van der Waals surface area (Å²) in [6.07, 6.45) is 4.46. The van der Waals surface area contributed by atoms with Crippen LogP contribution in [-0.2, 0) is 4.74 Å². The molecular weight excluding hydrogens is 162 g/mol. The van der Waals surface area contributed by atoms with Crippen LogP contribution < -0.4 is 0 Å². The third-order valence-electron chi connectivity index (χ3n) is 3.36. The summed E-state index contributed by atoms with van der Waals surface area (Å²) in [5.41, 5.74) is 0. The Hall–Kier alpha value is -0.550. The van der Waals surface area contributed by atoms with Gasteiger partial charge in [-0.2, -0.15) is 5.26 Å². The maximum absolute atomic E-state index is 8.68. The van der Waals surface area contributed by atoms with Gasteiger partial charge >= 0.3 is 0 Å². The molecular formula is C11H19NO. The van der Waals surface area contributed by atoms with Crippen molar-refractivity contribution in [3.05, 3.63) is 0 Å². The van der Waals surface area contributed by atoms with Gasteiger partial charge in [-0.15, -0.1) is 0 Å². The Balaban J connectivity index is 2.51. The van der Waals surface area contributed by atoms with Crippen LogP contribution in [0.4, 0.5) is 0 Å². The van der Waals surface area contributed by atoms with Crippen LogP contribution in [0.3, 0.4) is 0 Å². The molecule has 0 spiro atoms. The fraction of sp³-hybridized carbons (Fsp3) is 0.909. The summed E-state index contributed by atoms with van der Waals surface area (Å²) in [6, 6.07) is 2.29. The minimum absolute atomic E-state index is 0.592. The van der Waals surface area contributed by atoms with Gasteiger partial charge < -0.3 is 4.74 Å². The van der Waals surface area contributed by atoms with Crippen molar-refractivity contribution in [2.75, 3.05) is 13.7 Å². The average Bonchev–Trinajstić information content (AvgIpc) is 2.50. The first-order valence-corrected chi connectivity index (χ1v) is 5.19. The van der Waals surface area contributed by atoms with Crippen LogP contribution in [-0.4, -0.2) is 13.7 Å². The van der Waals surface area contributed by atoms with Crippen molar-refractivity contribution >= 4 is 0 Å². The lowest BCUT2D eigenvalue weighted by Crippen LogP contribution is -2.19. The second-order valence-corrected chi connectivity index (χ2v) is 3.99. The Morgan fingerprint density at radius 3 is 2.62 bits per heavy atom. The first-order valence-electron chi connectivity index (χ1n) is 5.19. The molecule has 2 heteroatoms. The first-order chi connectivity index (χ1) is 6.33. The highest BCUT2D eigenvalue weighted by Crippen LogP contribution is 2.40. The summed E-state index contributed by atoms with van der Waals surface area (Å²) in [5.74, 6) is 2.02. The predicted octanol–water partition coefficient (Wildman–Crippen LogP) is 2.60. The molecule has 13 heavy (non-hydrogen) atoms. The maximum Gasteiger partial charge on any atom is 0.0624 e. The minimum atomic E-state index is 0.592. The zero-order chi connectivity index (χ0) is 9.68. The molecule has 0 saturated heterocycles. The molecule has 0 aromatic heterocycles. The van der Waals surface area contributed by atoms with Gasteiger partial charge in [-0.1, -0.05) is 13.3 Å². The van der Waals surface area contributed by atoms with Gasteiger partial charge in [0.1, 0.15) is 0 Å². The summed E-state index contributed by atoms with van der Waals surface area (Å²) >= 11 is 0. The van der Waals surface area contributed by atoms with E-state index in [-0.39, 0.29) is 0 Å². The molecule has 0 aromatic rings. The molecule has 0 amide bonds. The summed E-state index contributed by atoms with van der Waals surface area (Å²) in [5, 5.41) is 8.68. The van der Waals surface area contributed by atoms with E-state index in [9.17, 15) is 0 Å². The van der Waals surface area contributed by atoms with Crippen LogP contribution in [0.1, 0.15) is 32.6 Å². The number of nitrogens with zero attached hydrogens (tertiary/aromatic N) is 1. The molecule has 3 unspecified atom stereocenters. The highest BCUT2D eigenvalue weighted by Gasteiger charge is 2.34. The SMILES string of the molecule is CCC1CCC(CC#N)C1COC. The molecule has 2 nitrogen and oxygen atoms in total. The van der Waals surface area contributed by atoms with E-state index in [2.05, 4.69) is 13.0 Å². The van der Waals surface area contributed by atoms with Crippen molar-refractivity contribution in [3.63, 3.8) is 0 Å². The summed E-state index contributed by atoms with van der Waals surface area (Å²) in [4.78, 5) is 0. The van der Waals surface area contributed by atoms with Crippen molar-refractivity contribution in [1.82, 2.24) is 0 Å². The van der Waals surface area contributed by atoms with Crippen molar-refractivity contribution in [1.29, 1.82) is 5.26 Å². The van der Waals surface area contributed by atoms with Gasteiger partial charge in [0.2, 0.25) is 0 Å². The second kappa shape index (κ2) is 5.24. The van der Waals surface area contributed by atoms with Gasteiger partial charge in [0, 0.05) is 20.1 Å². The maximum atomic E-state index is 8.68. The van der Waals surface area contributed by atoms with E-state index in [0.717, 1.165) is 12.5 Å². The third-order valence-corrected chi connectivity index (χ3v) is 3.36. The molecule has 3 atom stereocenters. The van der Waals surface area contributed by atoms with Gasteiger partial charge in [0.05, 0.1) is 6.07 Å². The van der Waals surface area contributed by atoms with Crippen LogP contribution in [0.5, 0.6) is 0 Å². The number of ether oxygens (including phenoxy) is 1. The average molecular weight is 181 g/mol. The van der Waals surface area contributed by atoms with E-state index in [1.165, 1.54) is 19.3 Å². The van der Waals surface area contributed by atoms with Crippen molar-refractivity contribution in [2.24, 2.45) is 17.8 Å². The molecule has 1 saturated carbocycles. The van der Waals surface area contributed by atoms with Crippen LogP contribution in [0.15, 0.2) is 0 Å². The zero-order valence-corrected chi connectivity index (χ0v) is 8.62. The number of hydrogen-bond acceptors (Lipinski definition) is 2. The Morgan fingerprint density at radius 1 is 1.38 bits per heavy atom. The Kier molecular flexibility index (Phi) is 4.24. The number of methoxy groups -OCH3 is 1. The monoisotopic (exact) mass is 181 g/mol. The molecule has 0 aromatic carbocycles. The number of rotatable bonds is 4. The van der Waals surface area contributed by atoms with E-state index in [1.54, 1.807) is 7.11 Å². The second-order valence-electron chi connectivity index (χ2n) is 3.99. The van der Waals surface area contributed by atoms with E-state index < -0.39 is 0 Å². The normalized spacial score (nSPS) is 33.2. The molecule has 0 aliphatic heterocycles. The Morgan fingerprint density at radius 2 is 2.08 bits per heavy atom. The fourth-order valence-corrected chi connectivity index (χ4v) is 2.58. The lowest BCUT2D eigenvalue weighted by atomic mass is 9.87. The molecule has 74 valence electrons. The van der Waals surface area contributed by atoms with Gasteiger partial charge in [-0.25, -0.2) is 0 Å².